The van der Waals surface area contributed by atoms with E-state index in [0.717, 1.165) is 31.7 Å². The lowest BCUT2D eigenvalue weighted by Gasteiger charge is -2.23. The number of hydrogen-bond acceptors (Lipinski definition) is 2. The Hall–Kier alpha value is -1.00. The van der Waals surface area contributed by atoms with Gasteiger partial charge in [-0.15, -0.1) is 0 Å². The molecule has 1 aromatic rings. The second kappa shape index (κ2) is 5.10. The van der Waals surface area contributed by atoms with Crippen molar-refractivity contribution in [2.24, 2.45) is 5.73 Å². The van der Waals surface area contributed by atoms with Gasteiger partial charge in [-0.25, -0.2) is 8.78 Å². The third-order valence-corrected chi connectivity index (χ3v) is 3.26. The third kappa shape index (κ3) is 3.23. The Kier molecular flexibility index (Phi) is 3.74. The van der Waals surface area contributed by atoms with Crippen LogP contribution in [0.5, 0.6) is 0 Å². The summed E-state index contributed by atoms with van der Waals surface area (Å²) in [5.74, 6) is -1.14. The van der Waals surface area contributed by atoms with Gasteiger partial charge in [-0.2, -0.15) is 0 Å². The molecule has 94 valence electrons. The topological polar surface area (TPSA) is 35.2 Å². The lowest BCUT2D eigenvalue weighted by atomic mass is 10.0. The maximum absolute atomic E-state index is 13.3. The number of benzene rings is 1. The van der Waals surface area contributed by atoms with Gasteiger partial charge < -0.3 is 10.5 Å². The van der Waals surface area contributed by atoms with Gasteiger partial charge in [0.2, 0.25) is 0 Å². The smallest absolute Gasteiger partial charge is 0.131 e. The standard InChI is InChI=1S/C13H17F2NO/c14-11-4-3-10(12(15)7-11)8-17-9-13(16)5-1-2-6-13/h3-4,7H,1-2,5-6,8-9,16H2. The van der Waals surface area contributed by atoms with Crippen LogP contribution >= 0.6 is 0 Å². The Balaban J connectivity index is 1.85. The van der Waals surface area contributed by atoms with Crippen molar-refractivity contribution in [2.75, 3.05) is 6.61 Å². The Morgan fingerprint density at radius 1 is 1.24 bits per heavy atom. The van der Waals surface area contributed by atoms with Crippen LogP contribution in [0, 0.1) is 11.6 Å². The summed E-state index contributed by atoms with van der Waals surface area (Å²) in [6, 6.07) is 3.50. The van der Waals surface area contributed by atoms with Gasteiger partial charge in [-0.3, -0.25) is 0 Å². The van der Waals surface area contributed by atoms with Crippen molar-refractivity contribution < 1.29 is 13.5 Å². The molecule has 0 aliphatic heterocycles. The Labute approximate surface area is 99.8 Å². The zero-order valence-corrected chi connectivity index (χ0v) is 9.72. The van der Waals surface area contributed by atoms with Crippen LogP contribution in [-0.4, -0.2) is 12.1 Å². The van der Waals surface area contributed by atoms with E-state index >= 15 is 0 Å². The van der Waals surface area contributed by atoms with Crippen LogP contribution in [0.4, 0.5) is 8.78 Å². The molecular formula is C13H17F2NO. The molecule has 0 amide bonds. The maximum Gasteiger partial charge on any atom is 0.131 e. The minimum Gasteiger partial charge on any atom is -0.375 e. The van der Waals surface area contributed by atoms with Crippen LogP contribution in [0.2, 0.25) is 0 Å². The fourth-order valence-electron chi connectivity index (χ4n) is 2.23. The zero-order valence-electron chi connectivity index (χ0n) is 9.72. The molecule has 0 bridgehead atoms. The van der Waals surface area contributed by atoms with E-state index in [9.17, 15) is 8.78 Å². The SMILES string of the molecule is NC1(COCc2ccc(F)cc2F)CCCC1. The molecule has 2 rings (SSSR count). The van der Waals surface area contributed by atoms with E-state index in [1.807, 2.05) is 0 Å². The molecule has 2 N–H and O–H groups in total. The summed E-state index contributed by atoms with van der Waals surface area (Å²) in [7, 11) is 0. The third-order valence-electron chi connectivity index (χ3n) is 3.26. The van der Waals surface area contributed by atoms with Crippen LogP contribution in [0.1, 0.15) is 31.2 Å². The van der Waals surface area contributed by atoms with E-state index < -0.39 is 11.6 Å². The predicted molar refractivity (Wildman–Crippen MR) is 61.4 cm³/mol. The first-order chi connectivity index (χ1) is 8.09. The monoisotopic (exact) mass is 241 g/mol. The highest BCUT2D eigenvalue weighted by atomic mass is 19.1. The van der Waals surface area contributed by atoms with Crippen molar-refractivity contribution in [2.45, 2.75) is 37.8 Å². The largest absolute Gasteiger partial charge is 0.375 e. The van der Waals surface area contributed by atoms with E-state index in [2.05, 4.69) is 0 Å². The number of ether oxygens (including phenoxy) is 1. The number of halogens is 2. The van der Waals surface area contributed by atoms with Crippen LogP contribution in [0.15, 0.2) is 18.2 Å². The maximum atomic E-state index is 13.3. The first-order valence-corrected chi connectivity index (χ1v) is 5.90. The predicted octanol–water partition coefficient (Wildman–Crippen LogP) is 2.75. The van der Waals surface area contributed by atoms with E-state index in [0.29, 0.717) is 12.2 Å². The van der Waals surface area contributed by atoms with Gasteiger partial charge in [-0.1, -0.05) is 18.9 Å². The summed E-state index contributed by atoms with van der Waals surface area (Å²) in [5, 5.41) is 0. The second-order valence-corrected chi connectivity index (χ2v) is 4.80. The van der Waals surface area contributed by atoms with Crippen LogP contribution in [0.3, 0.4) is 0 Å². The molecule has 0 radical (unpaired) electrons. The van der Waals surface area contributed by atoms with Gasteiger partial charge in [-0.05, 0) is 18.9 Å². The number of nitrogens with two attached hydrogens (primary N) is 1. The molecular weight excluding hydrogens is 224 g/mol. The molecule has 17 heavy (non-hydrogen) atoms. The molecule has 1 aliphatic carbocycles. The van der Waals surface area contributed by atoms with Gasteiger partial charge >= 0.3 is 0 Å². The fraction of sp³-hybridized carbons (Fsp3) is 0.538. The summed E-state index contributed by atoms with van der Waals surface area (Å²) in [6.45, 7) is 0.578. The molecule has 0 spiro atoms. The van der Waals surface area contributed by atoms with Gasteiger partial charge in [0, 0.05) is 17.2 Å². The molecule has 4 heteroatoms. The quantitative estimate of drug-likeness (QED) is 0.879. The highest BCUT2D eigenvalue weighted by Gasteiger charge is 2.29. The summed E-state index contributed by atoms with van der Waals surface area (Å²) >= 11 is 0. The van der Waals surface area contributed by atoms with E-state index in [-0.39, 0.29) is 12.1 Å². The Morgan fingerprint density at radius 3 is 2.59 bits per heavy atom. The molecule has 0 heterocycles. The van der Waals surface area contributed by atoms with Gasteiger partial charge in [0.15, 0.2) is 0 Å². The van der Waals surface area contributed by atoms with Gasteiger partial charge in [0.05, 0.1) is 13.2 Å². The van der Waals surface area contributed by atoms with Gasteiger partial charge in [0.1, 0.15) is 11.6 Å². The zero-order chi connectivity index (χ0) is 12.3. The van der Waals surface area contributed by atoms with Crippen molar-refractivity contribution >= 4 is 0 Å². The minimum atomic E-state index is -0.572. The van der Waals surface area contributed by atoms with Gasteiger partial charge in [0.25, 0.3) is 0 Å². The van der Waals surface area contributed by atoms with E-state index in [1.165, 1.54) is 12.1 Å². The Morgan fingerprint density at radius 2 is 1.94 bits per heavy atom. The Bertz CT molecular complexity index is 389. The first kappa shape index (κ1) is 12.5. The lowest BCUT2D eigenvalue weighted by molar-refractivity contribution is 0.0733. The normalized spacial score (nSPS) is 18.5. The highest BCUT2D eigenvalue weighted by molar-refractivity contribution is 5.17. The summed E-state index contributed by atoms with van der Waals surface area (Å²) < 4.78 is 31.4. The van der Waals surface area contributed by atoms with Crippen molar-refractivity contribution in [1.29, 1.82) is 0 Å². The average molecular weight is 241 g/mol. The molecule has 0 atom stereocenters. The number of rotatable bonds is 4. The molecule has 1 aliphatic rings. The molecule has 2 nitrogen and oxygen atoms in total. The molecule has 0 saturated heterocycles. The van der Waals surface area contributed by atoms with Crippen molar-refractivity contribution in [3.63, 3.8) is 0 Å². The van der Waals surface area contributed by atoms with Crippen LogP contribution in [-0.2, 0) is 11.3 Å². The average Bonchev–Trinajstić information content (AvgIpc) is 2.69. The lowest BCUT2D eigenvalue weighted by Crippen LogP contribution is -2.41. The van der Waals surface area contributed by atoms with E-state index in [1.54, 1.807) is 0 Å². The molecule has 1 fully saturated rings. The minimum absolute atomic E-state index is 0.144. The molecule has 0 aromatic heterocycles. The molecule has 0 unspecified atom stereocenters. The highest BCUT2D eigenvalue weighted by Crippen LogP contribution is 2.27. The first-order valence-electron chi connectivity index (χ1n) is 5.90. The van der Waals surface area contributed by atoms with Crippen molar-refractivity contribution in [1.82, 2.24) is 0 Å². The van der Waals surface area contributed by atoms with Crippen LogP contribution in [0.25, 0.3) is 0 Å². The fourth-order valence-corrected chi connectivity index (χ4v) is 2.23. The summed E-state index contributed by atoms with van der Waals surface area (Å²) in [5.41, 5.74) is 6.22. The van der Waals surface area contributed by atoms with Crippen LogP contribution < -0.4 is 5.73 Å². The van der Waals surface area contributed by atoms with E-state index in [4.69, 9.17) is 10.5 Å². The van der Waals surface area contributed by atoms with Crippen molar-refractivity contribution in [3.8, 4) is 0 Å². The van der Waals surface area contributed by atoms with Crippen molar-refractivity contribution in [3.05, 3.63) is 35.4 Å². The molecule has 1 saturated carbocycles. The summed E-state index contributed by atoms with van der Waals surface area (Å²) in [4.78, 5) is 0. The molecule has 1 aromatic carbocycles. The number of hydrogen-bond donors (Lipinski definition) is 1. The second-order valence-electron chi connectivity index (χ2n) is 4.80. The summed E-state index contributed by atoms with van der Waals surface area (Å²) in [6.07, 6.45) is 4.17.